The summed E-state index contributed by atoms with van der Waals surface area (Å²) in [5.74, 6) is 0.907. The van der Waals surface area contributed by atoms with Crippen LogP contribution in [0.25, 0.3) is 0 Å². The van der Waals surface area contributed by atoms with E-state index in [4.69, 9.17) is 0 Å². The van der Waals surface area contributed by atoms with E-state index in [-0.39, 0.29) is 11.9 Å². The molecule has 0 radical (unpaired) electrons. The molecule has 1 saturated heterocycles. The van der Waals surface area contributed by atoms with E-state index < -0.39 is 0 Å². The fourth-order valence-corrected chi connectivity index (χ4v) is 2.00. The fourth-order valence-electron chi connectivity index (χ4n) is 2.00. The maximum atomic E-state index is 11.5. The van der Waals surface area contributed by atoms with Crippen LogP contribution in [0.4, 0.5) is 0 Å². The second kappa shape index (κ2) is 5.35. The van der Waals surface area contributed by atoms with E-state index in [0.29, 0.717) is 6.54 Å². The summed E-state index contributed by atoms with van der Waals surface area (Å²) in [7, 11) is 0. The van der Waals surface area contributed by atoms with Crippen molar-refractivity contribution in [3.05, 3.63) is 0 Å². The Kier molecular flexibility index (Phi) is 4.39. The maximum Gasteiger partial charge on any atom is 0.234 e. The maximum absolute atomic E-state index is 11.5. The van der Waals surface area contributed by atoms with E-state index in [1.165, 1.54) is 12.8 Å². The fraction of sp³-hybridized carbons (Fsp3) is 0.909. The Bertz CT molecular complexity index is 192. The number of hydrogen-bond donors (Lipinski definition) is 1. The van der Waals surface area contributed by atoms with Gasteiger partial charge in [0.05, 0.1) is 6.54 Å². The van der Waals surface area contributed by atoms with Crippen LogP contribution in [0, 0.1) is 5.92 Å². The van der Waals surface area contributed by atoms with Gasteiger partial charge in [0.15, 0.2) is 0 Å². The summed E-state index contributed by atoms with van der Waals surface area (Å²) in [5, 5.41) is 2.92. The smallest absolute Gasteiger partial charge is 0.234 e. The molecule has 0 aromatic rings. The lowest BCUT2D eigenvalue weighted by Gasteiger charge is -2.30. The largest absolute Gasteiger partial charge is 0.353 e. The van der Waals surface area contributed by atoms with Gasteiger partial charge >= 0.3 is 0 Å². The molecule has 1 aliphatic heterocycles. The first-order chi connectivity index (χ1) is 6.58. The summed E-state index contributed by atoms with van der Waals surface area (Å²) < 4.78 is 0. The number of amides is 1. The Labute approximate surface area is 86.9 Å². The number of nitrogens with zero attached hydrogens (tertiary/aromatic N) is 1. The van der Waals surface area contributed by atoms with Crippen LogP contribution in [0.1, 0.15) is 33.6 Å². The van der Waals surface area contributed by atoms with Crippen LogP contribution in [0.15, 0.2) is 0 Å². The molecule has 0 aromatic carbocycles. The molecule has 1 amide bonds. The number of carbonyl (C=O) groups excluding carboxylic acids is 1. The highest BCUT2D eigenvalue weighted by Crippen LogP contribution is 2.14. The third kappa shape index (κ3) is 4.09. The Morgan fingerprint density at radius 2 is 2.29 bits per heavy atom. The van der Waals surface area contributed by atoms with Crippen molar-refractivity contribution in [3.8, 4) is 0 Å². The molecule has 1 atom stereocenters. The van der Waals surface area contributed by atoms with Gasteiger partial charge in [0.1, 0.15) is 0 Å². The zero-order valence-electron chi connectivity index (χ0n) is 9.55. The lowest BCUT2D eigenvalue weighted by molar-refractivity contribution is -0.123. The zero-order chi connectivity index (χ0) is 10.6. The lowest BCUT2D eigenvalue weighted by Crippen LogP contribution is -2.43. The van der Waals surface area contributed by atoms with Crippen LogP contribution in [-0.4, -0.2) is 36.5 Å². The predicted molar refractivity (Wildman–Crippen MR) is 58.1 cm³/mol. The predicted octanol–water partition coefficient (Wildman–Crippen LogP) is 1.24. The van der Waals surface area contributed by atoms with E-state index in [1.54, 1.807) is 0 Å². The number of likely N-dealkylation sites (tertiary alicyclic amines) is 1. The van der Waals surface area contributed by atoms with Crippen LogP contribution in [0.5, 0.6) is 0 Å². The van der Waals surface area contributed by atoms with Gasteiger partial charge in [-0.05, 0) is 39.2 Å². The van der Waals surface area contributed by atoms with Crippen molar-refractivity contribution in [3.63, 3.8) is 0 Å². The van der Waals surface area contributed by atoms with Crippen molar-refractivity contribution >= 4 is 5.91 Å². The summed E-state index contributed by atoms with van der Waals surface area (Å²) in [5.41, 5.74) is 0. The molecule has 1 fully saturated rings. The molecule has 3 heteroatoms. The van der Waals surface area contributed by atoms with Gasteiger partial charge < -0.3 is 5.32 Å². The van der Waals surface area contributed by atoms with Crippen molar-refractivity contribution in [1.29, 1.82) is 0 Å². The van der Waals surface area contributed by atoms with E-state index >= 15 is 0 Å². The highest BCUT2D eigenvalue weighted by Gasteiger charge is 2.18. The molecule has 0 spiro atoms. The van der Waals surface area contributed by atoms with Gasteiger partial charge in [-0.3, -0.25) is 9.69 Å². The van der Waals surface area contributed by atoms with E-state index in [9.17, 15) is 4.79 Å². The van der Waals surface area contributed by atoms with Crippen molar-refractivity contribution in [2.75, 3.05) is 19.6 Å². The number of rotatable bonds is 3. The highest BCUT2D eigenvalue weighted by atomic mass is 16.2. The van der Waals surface area contributed by atoms with Crippen LogP contribution in [0.3, 0.4) is 0 Å². The molecule has 1 N–H and O–H groups in total. The third-order valence-electron chi connectivity index (χ3n) is 2.56. The van der Waals surface area contributed by atoms with Gasteiger partial charge in [-0.1, -0.05) is 6.92 Å². The van der Waals surface area contributed by atoms with Gasteiger partial charge in [-0.15, -0.1) is 0 Å². The molecule has 14 heavy (non-hydrogen) atoms. The SMILES string of the molecule is CC1CCCN(CC(=O)NC(C)C)C1. The van der Waals surface area contributed by atoms with Gasteiger partial charge in [-0.2, -0.15) is 0 Å². The average molecular weight is 198 g/mol. The number of carbonyl (C=O) groups is 1. The van der Waals surface area contributed by atoms with E-state index in [1.807, 2.05) is 13.8 Å². The van der Waals surface area contributed by atoms with Crippen LogP contribution in [0.2, 0.25) is 0 Å². The first-order valence-corrected chi connectivity index (χ1v) is 5.59. The lowest BCUT2D eigenvalue weighted by atomic mass is 10.0. The molecule has 0 bridgehead atoms. The van der Waals surface area contributed by atoms with Gasteiger partial charge in [0, 0.05) is 12.6 Å². The second-order valence-electron chi connectivity index (χ2n) is 4.70. The molecule has 82 valence electrons. The molecule has 0 saturated carbocycles. The third-order valence-corrected chi connectivity index (χ3v) is 2.56. The Morgan fingerprint density at radius 3 is 2.86 bits per heavy atom. The van der Waals surface area contributed by atoms with Crippen LogP contribution >= 0.6 is 0 Å². The summed E-state index contributed by atoms with van der Waals surface area (Å²) >= 11 is 0. The second-order valence-corrected chi connectivity index (χ2v) is 4.70. The summed E-state index contributed by atoms with van der Waals surface area (Å²) in [6.07, 6.45) is 2.54. The minimum atomic E-state index is 0.161. The van der Waals surface area contributed by atoms with Crippen molar-refractivity contribution in [2.24, 2.45) is 5.92 Å². The molecule has 0 aromatic heterocycles. The van der Waals surface area contributed by atoms with Gasteiger partial charge in [0.2, 0.25) is 5.91 Å². The van der Waals surface area contributed by atoms with Crippen molar-refractivity contribution in [1.82, 2.24) is 10.2 Å². The van der Waals surface area contributed by atoms with E-state index in [2.05, 4.69) is 17.1 Å². The molecule has 1 aliphatic rings. The standard InChI is InChI=1S/C11H22N2O/c1-9(2)12-11(14)8-13-6-4-5-10(3)7-13/h9-10H,4-8H2,1-3H3,(H,12,14). The monoisotopic (exact) mass is 198 g/mol. The minimum absolute atomic E-state index is 0.161. The normalized spacial score (nSPS) is 23.9. The molecule has 3 nitrogen and oxygen atoms in total. The Hall–Kier alpha value is -0.570. The molecular weight excluding hydrogens is 176 g/mol. The van der Waals surface area contributed by atoms with Crippen LogP contribution in [-0.2, 0) is 4.79 Å². The molecule has 1 unspecified atom stereocenters. The Morgan fingerprint density at radius 1 is 1.57 bits per heavy atom. The first kappa shape index (κ1) is 11.5. The minimum Gasteiger partial charge on any atom is -0.353 e. The number of hydrogen-bond acceptors (Lipinski definition) is 2. The van der Waals surface area contributed by atoms with Gasteiger partial charge in [-0.25, -0.2) is 0 Å². The molecule has 1 heterocycles. The topological polar surface area (TPSA) is 32.3 Å². The summed E-state index contributed by atoms with van der Waals surface area (Å²) in [6.45, 7) is 8.98. The first-order valence-electron chi connectivity index (χ1n) is 5.59. The summed E-state index contributed by atoms with van der Waals surface area (Å²) in [6, 6.07) is 0.254. The quantitative estimate of drug-likeness (QED) is 0.740. The molecule has 0 aliphatic carbocycles. The van der Waals surface area contributed by atoms with Crippen molar-refractivity contribution in [2.45, 2.75) is 39.7 Å². The Balaban J connectivity index is 2.25. The van der Waals surface area contributed by atoms with Crippen molar-refractivity contribution < 1.29 is 4.79 Å². The summed E-state index contributed by atoms with van der Waals surface area (Å²) in [4.78, 5) is 13.7. The molecular formula is C11H22N2O. The molecule has 1 rings (SSSR count). The highest BCUT2D eigenvalue weighted by molar-refractivity contribution is 5.78. The zero-order valence-corrected chi connectivity index (χ0v) is 9.55. The van der Waals surface area contributed by atoms with Crippen LogP contribution < -0.4 is 5.32 Å². The number of piperidine rings is 1. The van der Waals surface area contributed by atoms with Gasteiger partial charge in [0.25, 0.3) is 0 Å². The number of nitrogens with one attached hydrogen (secondary N) is 1. The average Bonchev–Trinajstić information content (AvgIpc) is 2.01. The van der Waals surface area contributed by atoms with E-state index in [0.717, 1.165) is 19.0 Å².